The number of hydrogen-bond donors (Lipinski definition) is 1. The maximum absolute atomic E-state index is 13.1. The van der Waals surface area contributed by atoms with Gasteiger partial charge >= 0.3 is 0 Å². The third kappa shape index (κ3) is 2.83. The molecule has 0 bridgehead atoms. The maximum atomic E-state index is 13.1. The van der Waals surface area contributed by atoms with Crippen LogP contribution in [0.4, 0.5) is 4.39 Å². The molecular weight excluding hydrogens is 305 g/mol. The number of H-pyrrole nitrogens is 1. The van der Waals surface area contributed by atoms with Crippen LogP contribution in [0.2, 0.25) is 0 Å². The highest BCUT2D eigenvalue weighted by Gasteiger charge is 2.27. The minimum absolute atomic E-state index is 0.140. The second-order valence-electron chi connectivity index (χ2n) is 6.21. The fourth-order valence-electron chi connectivity index (χ4n) is 3.44. The van der Waals surface area contributed by atoms with Crippen LogP contribution in [0.3, 0.4) is 0 Å². The van der Waals surface area contributed by atoms with Gasteiger partial charge in [0.05, 0.1) is 11.0 Å². The molecule has 1 aliphatic heterocycles. The molecule has 3 aromatic rings. The van der Waals surface area contributed by atoms with E-state index in [2.05, 4.69) is 14.9 Å². The van der Waals surface area contributed by atoms with E-state index >= 15 is 0 Å². The number of hydrogen-bond acceptors (Lipinski definition) is 3. The lowest BCUT2D eigenvalue weighted by Crippen LogP contribution is -2.28. The quantitative estimate of drug-likeness (QED) is 0.804. The van der Waals surface area contributed by atoms with Gasteiger partial charge in [-0.3, -0.25) is 9.69 Å². The van der Waals surface area contributed by atoms with Crippen LogP contribution < -0.4 is 5.56 Å². The third-order valence-corrected chi connectivity index (χ3v) is 4.64. The average Bonchev–Trinajstić information content (AvgIpc) is 3.04. The molecule has 2 heterocycles. The van der Waals surface area contributed by atoms with E-state index in [9.17, 15) is 9.18 Å². The summed E-state index contributed by atoms with van der Waals surface area (Å²) in [6.07, 6.45) is 2.07. The van der Waals surface area contributed by atoms with Crippen molar-refractivity contribution in [2.75, 3.05) is 6.54 Å². The van der Waals surface area contributed by atoms with E-state index < -0.39 is 0 Å². The Bertz CT molecular complexity index is 920. The molecule has 0 aliphatic carbocycles. The van der Waals surface area contributed by atoms with Crippen LogP contribution in [0.15, 0.2) is 53.3 Å². The van der Waals surface area contributed by atoms with Gasteiger partial charge in [0.1, 0.15) is 11.5 Å². The van der Waals surface area contributed by atoms with Gasteiger partial charge in [0, 0.05) is 12.6 Å². The fraction of sp³-hybridized carbons (Fsp3) is 0.263. The molecule has 0 unspecified atom stereocenters. The van der Waals surface area contributed by atoms with Gasteiger partial charge in [0.25, 0.3) is 5.56 Å². The van der Waals surface area contributed by atoms with Crippen molar-refractivity contribution in [3.63, 3.8) is 0 Å². The second-order valence-corrected chi connectivity index (χ2v) is 6.21. The lowest BCUT2D eigenvalue weighted by Gasteiger charge is -2.24. The SMILES string of the molecule is O=c1[nH]c2ccccc2nc1CN1CCC[C@@H]1c1ccc(F)cc1. The molecule has 1 saturated heterocycles. The number of aromatic amines is 1. The van der Waals surface area contributed by atoms with Crippen molar-refractivity contribution in [3.05, 3.63) is 76.0 Å². The van der Waals surface area contributed by atoms with Crippen molar-refractivity contribution >= 4 is 11.0 Å². The molecule has 1 atom stereocenters. The Labute approximate surface area is 139 Å². The largest absolute Gasteiger partial charge is 0.319 e. The molecule has 122 valence electrons. The highest BCUT2D eigenvalue weighted by molar-refractivity contribution is 5.73. The predicted octanol–water partition coefficient (Wildman–Crippen LogP) is 3.40. The number of aromatic nitrogens is 2. The standard InChI is InChI=1S/C19H18FN3O/c20-14-9-7-13(8-10-14)18-6-3-11-23(18)12-17-19(24)22-16-5-2-1-4-15(16)21-17/h1-2,4-5,7-10,18H,3,6,11-12H2,(H,22,24)/t18-/m1/s1. The van der Waals surface area contributed by atoms with Gasteiger partial charge in [-0.2, -0.15) is 0 Å². The van der Waals surface area contributed by atoms with E-state index in [0.29, 0.717) is 12.2 Å². The van der Waals surface area contributed by atoms with Crippen molar-refractivity contribution in [1.82, 2.24) is 14.9 Å². The zero-order valence-corrected chi connectivity index (χ0v) is 13.2. The van der Waals surface area contributed by atoms with E-state index in [-0.39, 0.29) is 17.4 Å². The van der Waals surface area contributed by atoms with E-state index in [1.165, 1.54) is 12.1 Å². The van der Waals surface area contributed by atoms with Crippen molar-refractivity contribution in [1.29, 1.82) is 0 Å². The van der Waals surface area contributed by atoms with Crippen LogP contribution >= 0.6 is 0 Å². The average molecular weight is 323 g/mol. The Morgan fingerprint density at radius 1 is 1.17 bits per heavy atom. The molecule has 0 radical (unpaired) electrons. The van der Waals surface area contributed by atoms with Crippen molar-refractivity contribution < 1.29 is 4.39 Å². The highest BCUT2D eigenvalue weighted by atomic mass is 19.1. The molecule has 1 aliphatic rings. The van der Waals surface area contributed by atoms with Crippen molar-refractivity contribution in [2.45, 2.75) is 25.4 Å². The first kappa shape index (κ1) is 15.0. The smallest absolute Gasteiger partial charge is 0.271 e. The Balaban J connectivity index is 1.63. The lowest BCUT2D eigenvalue weighted by atomic mass is 10.0. The topological polar surface area (TPSA) is 49.0 Å². The monoisotopic (exact) mass is 323 g/mol. The molecule has 0 amide bonds. The van der Waals surface area contributed by atoms with Gasteiger partial charge in [-0.1, -0.05) is 24.3 Å². The number of halogens is 1. The Kier molecular flexibility index (Phi) is 3.86. The minimum Gasteiger partial charge on any atom is -0.319 e. The molecule has 0 spiro atoms. The summed E-state index contributed by atoms with van der Waals surface area (Å²) >= 11 is 0. The summed E-state index contributed by atoms with van der Waals surface area (Å²) in [5.41, 5.74) is 3.03. The number of rotatable bonds is 3. The summed E-state index contributed by atoms with van der Waals surface area (Å²) in [6.45, 7) is 1.41. The second kappa shape index (κ2) is 6.17. The zero-order chi connectivity index (χ0) is 16.5. The Morgan fingerprint density at radius 2 is 1.96 bits per heavy atom. The van der Waals surface area contributed by atoms with Crippen molar-refractivity contribution in [3.8, 4) is 0 Å². The van der Waals surface area contributed by atoms with E-state index in [1.54, 1.807) is 0 Å². The molecule has 5 heteroatoms. The van der Waals surface area contributed by atoms with Crippen molar-refractivity contribution in [2.24, 2.45) is 0 Å². The molecule has 0 saturated carbocycles. The zero-order valence-electron chi connectivity index (χ0n) is 13.2. The number of likely N-dealkylation sites (tertiary alicyclic amines) is 1. The van der Waals surface area contributed by atoms with Crippen LogP contribution in [-0.2, 0) is 6.54 Å². The van der Waals surface area contributed by atoms with Gasteiger partial charge in [0.2, 0.25) is 0 Å². The molecule has 4 nitrogen and oxygen atoms in total. The normalized spacial score (nSPS) is 18.3. The third-order valence-electron chi connectivity index (χ3n) is 4.64. The van der Waals surface area contributed by atoms with E-state index in [4.69, 9.17) is 0 Å². The molecule has 4 rings (SSSR count). The number of nitrogens with one attached hydrogen (secondary N) is 1. The molecular formula is C19H18FN3O. The summed E-state index contributed by atoms with van der Waals surface area (Å²) < 4.78 is 13.1. The molecule has 2 aromatic carbocycles. The van der Waals surface area contributed by atoms with E-state index in [1.807, 2.05) is 36.4 Å². The number of benzene rings is 2. The fourth-order valence-corrected chi connectivity index (χ4v) is 3.44. The van der Waals surface area contributed by atoms with Gasteiger partial charge in [0.15, 0.2) is 0 Å². The Morgan fingerprint density at radius 3 is 2.79 bits per heavy atom. The van der Waals surface area contributed by atoms with Crippen LogP contribution in [-0.4, -0.2) is 21.4 Å². The first-order valence-electron chi connectivity index (χ1n) is 8.18. The predicted molar refractivity (Wildman–Crippen MR) is 91.1 cm³/mol. The van der Waals surface area contributed by atoms with Gasteiger partial charge < -0.3 is 4.98 Å². The molecule has 1 N–H and O–H groups in total. The van der Waals surface area contributed by atoms with E-state index in [0.717, 1.165) is 36.0 Å². The summed E-state index contributed by atoms with van der Waals surface area (Å²) in [7, 11) is 0. The van der Waals surface area contributed by atoms with Gasteiger partial charge in [-0.25, -0.2) is 9.37 Å². The molecule has 1 aromatic heterocycles. The molecule has 24 heavy (non-hydrogen) atoms. The first-order valence-corrected chi connectivity index (χ1v) is 8.18. The summed E-state index contributed by atoms with van der Waals surface area (Å²) in [6, 6.07) is 14.4. The molecule has 1 fully saturated rings. The number of nitrogens with zero attached hydrogens (tertiary/aromatic N) is 2. The number of fused-ring (bicyclic) bond motifs is 1. The summed E-state index contributed by atoms with van der Waals surface area (Å²) in [5, 5.41) is 0. The summed E-state index contributed by atoms with van der Waals surface area (Å²) in [5.74, 6) is -0.226. The lowest BCUT2D eigenvalue weighted by molar-refractivity contribution is 0.244. The van der Waals surface area contributed by atoms with Crippen LogP contribution in [0.25, 0.3) is 11.0 Å². The number of para-hydroxylation sites is 2. The maximum Gasteiger partial charge on any atom is 0.271 e. The van der Waals surface area contributed by atoms with Crippen LogP contribution in [0, 0.1) is 5.82 Å². The Hall–Kier alpha value is -2.53. The first-order chi connectivity index (χ1) is 11.7. The van der Waals surface area contributed by atoms with Crippen LogP contribution in [0.1, 0.15) is 30.1 Å². The van der Waals surface area contributed by atoms with Crippen LogP contribution in [0.5, 0.6) is 0 Å². The summed E-state index contributed by atoms with van der Waals surface area (Å²) in [4.78, 5) is 22.0. The minimum atomic E-state index is -0.226. The van der Waals surface area contributed by atoms with Gasteiger partial charge in [-0.05, 0) is 49.2 Å². The van der Waals surface area contributed by atoms with Gasteiger partial charge in [-0.15, -0.1) is 0 Å². The highest BCUT2D eigenvalue weighted by Crippen LogP contribution is 2.32.